The van der Waals surface area contributed by atoms with Crippen molar-refractivity contribution in [2.24, 2.45) is 5.73 Å². The molecule has 2 aromatic rings. The normalized spacial score (nSPS) is 11.8. The van der Waals surface area contributed by atoms with Crippen LogP contribution in [-0.2, 0) is 17.8 Å². The number of pyridine rings is 1. The molecule has 0 saturated carbocycles. The summed E-state index contributed by atoms with van der Waals surface area (Å²) in [7, 11) is 0. The number of para-hydroxylation sites is 1. The molecule has 3 N–H and O–H groups in total. The average Bonchev–Trinajstić information content (AvgIpc) is 2.47. The molecule has 0 aliphatic carbocycles. The highest BCUT2D eigenvalue weighted by molar-refractivity contribution is 5.73. The Kier molecular flexibility index (Phi) is 4.68. The summed E-state index contributed by atoms with van der Waals surface area (Å²) >= 11 is 0. The second-order valence-electron chi connectivity index (χ2n) is 4.41. The number of nitrogens with two attached hydrogens (primary N) is 1. The lowest BCUT2D eigenvalue weighted by molar-refractivity contribution is -0.138. The highest BCUT2D eigenvalue weighted by Crippen LogP contribution is 2.20. The molecule has 1 atom stereocenters. The first-order valence-electron chi connectivity index (χ1n) is 6.25. The lowest BCUT2D eigenvalue weighted by Crippen LogP contribution is -2.32. The van der Waals surface area contributed by atoms with Crippen molar-refractivity contribution in [3.05, 3.63) is 59.9 Å². The molecule has 0 bridgehead atoms. The second kappa shape index (κ2) is 6.68. The van der Waals surface area contributed by atoms with Gasteiger partial charge in [-0.25, -0.2) is 0 Å². The van der Waals surface area contributed by atoms with Crippen molar-refractivity contribution in [1.82, 2.24) is 4.98 Å². The summed E-state index contributed by atoms with van der Waals surface area (Å²) in [5, 5.41) is 8.87. The molecule has 1 aromatic carbocycles. The van der Waals surface area contributed by atoms with Gasteiger partial charge in [-0.3, -0.25) is 9.78 Å². The number of aromatic nitrogens is 1. The minimum absolute atomic E-state index is 0.235. The Morgan fingerprint density at radius 3 is 2.80 bits per heavy atom. The first-order valence-corrected chi connectivity index (χ1v) is 6.25. The molecule has 20 heavy (non-hydrogen) atoms. The van der Waals surface area contributed by atoms with Crippen LogP contribution in [0, 0.1) is 0 Å². The molecule has 0 aliphatic rings. The Balaban J connectivity index is 2.06. The predicted molar refractivity (Wildman–Crippen MR) is 74.3 cm³/mol. The van der Waals surface area contributed by atoms with Gasteiger partial charge < -0.3 is 15.6 Å². The van der Waals surface area contributed by atoms with Gasteiger partial charge in [-0.05, 0) is 17.7 Å². The van der Waals surface area contributed by atoms with Crippen molar-refractivity contribution >= 4 is 5.97 Å². The fourth-order valence-electron chi connectivity index (χ4n) is 1.78. The van der Waals surface area contributed by atoms with Crippen molar-refractivity contribution in [3.63, 3.8) is 0 Å². The third-order valence-electron chi connectivity index (χ3n) is 2.85. The van der Waals surface area contributed by atoms with Crippen LogP contribution in [0.3, 0.4) is 0 Å². The number of benzene rings is 1. The van der Waals surface area contributed by atoms with Gasteiger partial charge in [0.05, 0.1) is 0 Å². The van der Waals surface area contributed by atoms with E-state index < -0.39 is 12.0 Å². The number of hydrogen-bond donors (Lipinski definition) is 2. The molecule has 0 amide bonds. The zero-order valence-corrected chi connectivity index (χ0v) is 10.9. The fraction of sp³-hybridized carbons (Fsp3) is 0.200. The van der Waals surface area contributed by atoms with Crippen molar-refractivity contribution in [3.8, 4) is 5.75 Å². The van der Waals surface area contributed by atoms with Crippen molar-refractivity contribution in [2.45, 2.75) is 19.1 Å². The molecule has 5 nitrogen and oxygen atoms in total. The molecular formula is C15H16N2O3. The molecule has 104 valence electrons. The number of carboxylic acid groups (broad SMARTS) is 1. The number of aliphatic carboxylic acids is 1. The Morgan fingerprint density at radius 2 is 2.10 bits per heavy atom. The van der Waals surface area contributed by atoms with E-state index in [1.807, 2.05) is 30.3 Å². The molecule has 0 fully saturated rings. The van der Waals surface area contributed by atoms with Crippen LogP contribution in [0.1, 0.15) is 11.1 Å². The Labute approximate surface area is 117 Å². The predicted octanol–water partition coefficient (Wildman–Crippen LogP) is 1.62. The van der Waals surface area contributed by atoms with Gasteiger partial charge in [0.2, 0.25) is 0 Å². The maximum Gasteiger partial charge on any atom is 0.320 e. The number of rotatable bonds is 6. The van der Waals surface area contributed by atoms with E-state index in [0.29, 0.717) is 12.4 Å². The zero-order chi connectivity index (χ0) is 14.4. The van der Waals surface area contributed by atoms with E-state index in [1.54, 1.807) is 18.5 Å². The van der Waals surface area contributed by atoms with E-state index in [2.05, 4.69) is 4.98 Å². The molecule has 0 saturated heterocycles. The van der Waals surface area contributed by atoms with Crippen LogP contribution in [0.2, 0.25) is 0 Å². The van der Waals surface area contributed by atoms with Crippen LogP contribution in [0.15, 0.2) is 48.8 Å². The van der Waals surface area contributed by atoms with Gasteiger partial charge in [0.1, 0.15) is 18.4 Å². The second-order valence-corrected chi connectivity index (χ2v) is 4.41. The van der Waals surface area contributed by atoms with Gasteiger partial charge in [0, 0.05) is 24.4 Å². The van der Waals surface area contributed by atoms with Crippen LogP contribution in [-0.4, -0.2) is 22.1 Å². The molecule has 5 heteroatoms. The Morgan fingerprint density at radius 1 is 1.30 bits per heavy atom. The van der Waals surface area contributed by atoms with Crippen LogP contribution in [0.25, 0.3) is 0 Å². The summed E-state index contributed by atoms with van der Waals surface area (Å²) in [6, 6.07) is 10.1. The molecule has 1 aromatic heterocycles. The van der Waals surface area contributed by atoms with Gasteiger partial charge in [0.15, 0.2) is 0 Å². The average molecular weight is 272 g/mol. The number of carboxylic acids is 1. The Bertz CT molecular complexity index is 572. The first-order chi connectivity index (χ1) is 9.66. The third-order valence-corrected chi connectivity index (χ3v) is 2.85. The zero-order valence-electron chi connectivity index (χ0n) is 10.9. The molecular weight excluding hydrogens is 256 g/mol. The quantitative estimate of drug-likeness (QED) is 0.834. The molecule has 1 heterocycles. The van der Waals surface area contributed by atoms with E-state index in [1.165, 1.54) is 0 Å². The number of carbonyl (C=O) groups is 1. The molecule has 0 radical (unpaired) electrons. The van der Waals surface area contributed by atoms with Gasteiger partial charge >= 0.3 is 5.97 Å². The summed E-state index contributed by atoms with van der Waals surface area (Å²) in [6.45, 7) is 0.382. The third kappa shape index (κ3) is 3.80. The highest BCUT2D eigenvalue weighted by Gasteiger charge is 2.14. The van der Waals surface area contributed by atoms with Gasteiger partial charge in [-0.2, -0.15) is 0 Å². The maximum absolute atomic E-state index is 10.8. The monoisotopic (exact) mass is 272 g/mol. The number of ether oxygens (including phenoxy) is 1. The summed E-state index contributed by atoms with van der Waals surface area (Å²) in [4.78, 5) is 14.8. The van der Waals surface area contributed by atoms with Crippen LogP contribution >= 0.6 is 0 Å². The van der Waals surface area contributed by atoms with Crippen molar-refractivity contribution in [2.75, 3.05) is 0 Å². The van der Waals surface area contributed by atoms with Gasteiger partial charge in [0.25, 0.3) is 0 Å². The highest BCUT2D eigenvalue weighted by atomic mass is 16.5. The lowest BCUT2D eigenvalue weighted by atomic mass is 10.1. The molecule has 0 spiro atoms. The summed E-state index contributed by atoms with van der Waals surface area (Å²) in [6.07, 6.45) is 3.66. The number of nitrogens with zero attached hydrogens (tertiary/aromatic N) is 1. The van der Waals surface area contributed by atoms with E-state index in [0.717, 1.165) is 11.1 Å². The topological polar surface area (TPSA) is 85.4 Å². The van der Waals surface area contributed by atoms with Gasteiger partial charge in [-0.1, -0.05) is 24.3 Å². The van der Waals surface area contributed by atoms with E-state index >= 15 is 0 Å². The Hall–Kier alpha value is -2.40. The van der Waals surface area contributed by atoms with Crippen molar-refractivity contribution in [1.29, 1.82) is 0 Å². The lowest BCUT2D eigenvalue weighted by Gasteiger charge is -2.13. The smallest absolute Gasteiger partial charge is 0.320 e. The number of hydrogen-bond acceptors (Lipinski definition) is 4. The maximum atomic E-state index is 10.8. The fourth-order valence-corrected chi connectivity index (χ4v) is 1.78. The summed E-state index contributed by atoms with van der Waals surface area (Å²) < 4.78 is 5.72. The SMILES string of the molecule is NC(Cc1ccccc1OCc1cccnc1)C(=O)O. The molecule has 2 rings (SSSR count). The van der Waals surface area contributed by atoms with Crippen LogP contribution in [0.5, 0.6) is 5.75 Å². The minimum Gasteiger partial charge on any atom is -0.489 e. The van der Waals surface area contributed by atoms with E-state index in [4.69, 9.17) is 15.6 Å². The standard InChI is InChI=1S/C15H16N2O3/c16-13(15(18)19)8-12-5-1-2-6-14(12)20-10-11-4-3-7-17-9-11/h1-7,9,13H,8,10,16H2,(H,18,19). The largest absolute Gasteiger partial charge is 0.489 e. The van der Waals surface area contributed by atoms with Crippen molar-refractivity contribution < 1.29 is 14.6 Å². The van der Waals surface area contributed by atoms with Crippen LogP contribution < -0.4 is 10.5 Å². The molecule has 1 unspecified atom stereocenters. The van der Waals surface area contributed by atoms with E-state index in [9.17, 15) is 4.79 Å². The summed E-state index contributed by atoms with van der Waals surface area (Å²) in [5.41, 5.74) is 7.29. The minimum atomic E-state index is -1.02. The van der Waals surface area contributed by atoms with Crippen LogP contribution in [0.4, 0.5) is 0 Å². The first kappa shape index (κ1) is 14.0. The summed E-state index contributed by atoms with van der Waals surface area (Å²) in [5.74, 6) is -0.375. The van der Waals surface area contributed by atoms with Gasteiger partial charge in [-0.15, -0.1) is 0 Å². The molecule has 0 aliphatic heterocycles. The van der Waals surface area contributed by atoms with E-state index in [-0.39, 0.29) is 6.42 Å².